The third kappa shape index (κ3) is 4.07. The van der Waals surface area contributed by atoms with Crippen LogP contribution < -0.4 is 15.1 Å². The van der Waals surface area contributed by atoms with Crippen molar-refractivity contribution in [3.8, 4) is 0 Å². The van der Waals surface area contributed by atoms with E-state index in [1.165, 1.54) is 4.90 Å². The molecule has 0 bridgehead atoms. The Kier molecular flexibility index (Phi) is 5.91. The predicted octanol–water partition coefficient (Wildman–Crippen LogP) is 3.35. The summed E-state index contributed by atoms with van der Waals surface area (Å²) in [5.41, 5.74) is 4.86. The van der Waals surface area contributed by atoms with Crippen LogP contribution in [0.1, 0.15) is 40.7 Å². The van der Waals surface area contributed by atoms with Crippen LogP contribution in [0.5, 0.6) is 0 Å². The summed E-state index contributed by atoms with van der Waals surface area (Å²) in [7, 11) is 3.39. The van der Waals surface area contributed by atoms with Crippen molar-refractivity contribution in [1.82, 2.24) is 4.90 Å². The maximum atomic E-state index is 13.4. The third-order valence-electron chi connectivity index (χ3n) is 6.24. The van der Waals surface area contributed by atoms with E-state index in [-0.39, 0.29) is 30.3 Å². The van der Waals surface area contributed by atoms with Gasteiger partial charge in [0.1, 0.15) is 12.6 Å². The fraction of sp³-hybridized carbons (Fsp3) is 0.400. The van der Waals surface area contributed by atoms with Gasteiger partial charge in [-0.25, -0.2) is 0 Å². The van der Waals surface area contributed by atoms with Crippen LogP contribution in [0.4, 0.5) is 17.1 Å². The Bertz CT molecular complexity index is 1080. The summed E-state index contributed by atoms with van der Waals surface area (Å²) in [5, 5.41) is 2.94. The SMILES string of the molecule is Cc1ccc(NC(=O)CN2C(=O)[C@@H]3CCCCN3c3ccc(C(=O)N(C)C)cc32)c(C)c1. The Morgan fingerprint density at radius 2 is 1.84 bits per heavy atom. The zero-order valence-electron chi connectivity index (χ0n) is 19.1. The van der Waals surface area contributed by atoms with E-state index in [1.807, 2.05) is 38.1 Å². The standard InChI is InChI=1S/C25H30N4O3/c1-16-8-10-19(17(2)13-16)26-23(30)15-29-22-14-18(24(31)27(3)4)9-11-20(22)28-12-6-5-7-21(28)25(29)32/h8-11,13-14,21H,5-7,12,15H2,1-4H3,(H,26,30)/t21-/m0/s1. The number of hydrogen-bond acceptors (Lipinski definition) is 4. The Morgan fingerprint density at radius 1 is 1.06 bits per heavy atom. The van der Waals surface area contributed by atoms with Crippen molar-refractivity contribution in [2.75, 3.05) is 42.3 Å². The van der Waals surface area contributed by atoms with Crippen LogP contribution >= 0.6 is 0 Å². The topological polar surface area (TPSA) is 73.0 Å². The van der Waals surface area contributed by atoms with Gasteiger partial charge in [0.15, 0.2) is 0 Å². The van der Waals surface area contributed by atoms with Gasteiger partial charge < -0.3 is 15.1 Å². The number of carbonyl (C=O) groups is 3. The molecule has 0 unspecified atom stereocenters. The highest BCUT2D eigenvalue weighted by molar-refractivity contribution is 6.11. The number of piperidine rings is 1. The van der Waals surface area contributed by atoms with Crippen molar-refractivity contribution in [3.63, 3.8) is 0 Å². The third-order valence-corrected chi connectivity index (χ3v) is 6.24. The normalized spacial score (nSPS) is 17.5. The second kappa shape index (κ2) is 8.65. The van der Waals surface area contributed by atoms with E-state index in [9.17, 15) is 14.4 Å². The minimum absolute atomic E-state index is 0.0811. The first-order valence-corrected chi connectivity index (χ1v) is 11.1. The molecule has 1 atom stereocenters. The number of rotatable bonds is 4. The maximum Gasteiger partial charge on any atom is 0.253 e. The summed E-state index contributed by atoms with van der Waals surface area (Å²) in [6.07, 6.45) is 2.78. The summed E-state index contributed by atoms with van der Waals surface area (Å²) in [4.78, 5) is 44.2. The number of anilines is 3. The lowest BCUT2D eigenvalue weighted by Gasteiger charge is -2.45. The molecule has 3 amide bonds. The molecule has 1 fully saturated rings. The summed E-state index contributed by atoms with van der Waals surface area (Å²) in [5.74, 6) is -0.479. The fourth-order valence-corrected chi connectivity index (χ4v) is 4.60. The van der Waals surface area contributed by atoms with Gasteiger partial charge >= 0.3 is 0 Å². The zero-order valence-corrected chi connectivity index (χ0v) is 19.1. The molecule has 168 valence electrons. The highest BCUT2D eigenvalue weighted by atomic mass is 16.2. The van der Waals surface area contributed by atoms with Gasteiger partial charge in [-0.15, -0.1) is 0 Å². The molecule has 0 aromatic heterocycles. The molecule has 7 nitrogen and oxygen atoms in total. The van der Waals surface area contributed by atoms with Crippen molar-refractivity contribution in [2.24, 2.45) is 0 Å². The van der Waals surface area contributed by atoms with Crippen LogP contribution in [0, 0.1) is 13.8 Å². The first-order valence-electron chi connectivity index (χ1n) is 11.1. The summed E-state index contributed by atoms with van der Waals surface area (Å²) >= 11 is 0. The van der Waals surface area contributed by atoms with Gasteiger partial charge in [0.25, 0.3) is 5.91 Å². The Hall–Kier alpha value is -3.35. The first kappa shape index (κ1) is 21.9. The van der Waals surface area contributed by atoms with E-state index in [0.29, 0.717) is 11.3 Å². The number of fused-ring (bicyclic) bond motifs is 3. The van der Waals surface area contributed by atoms with Crippen LogP contribution in [0.15, 0.2) is 36.4 Å². The molecule has 1 saturated heterocycles. The smallest absolute Gasteiger partial charge is 0.253 e. The average molecular weight is 435 g/mol. The second-order valence-corrected chi connectivity index (χ2v) is 8.90. The second-order valence-electron chi connectivity index (χ2n) is 8.90. The van der Waals surface area contributed by atoms with Gasteiger partial charge in [0.2, 0.25) is 11.8 Å². The van der Waals surface area contributed by atoms with Gasteiger partial charge in [-0.05, 0) is 62.9 Å². The van der Waals surface area contributed by atoms with E-state index in [1.54, 1.807) is 31.1 Å². The monoisotopic (exact) mass is 434 g/mol. The van der Waals surface area contributed by atoms with Gasteiger partial charge in [0, 0.05) is 31.9 Å². The molecule has 2 heterocycles. The number of hydrogen-bond donors (Lipinski definition) is 1. The predicted molar refractivity (Wildman–Crippen MR) is 126 cm³/mol. The minimum atomic E-state index is -0.263. The molecule has 0 aliphatic carbocycles. The largest absolute Gasteiger partial charge is 0.358 e. The van der Waals surface area contributed by atoms with Crippen LogP contribution in [0.3, 0.4) is 0 Å². The van der Waals surface area contributed by atoms with Crippen LogP contribution in [0.2, 0.25) is 0 Å². The van der Waals surface area contributed by atoms with Crippen molar-refractivity contribution < 1.29 is 14.4 Å². The molecule has 4 rings (SSSR count). The van der Waals surface area contributed by atoms with Crippen molar-refractivity contribution in [2.45, 2.75) is 39.2 Å². The lowest BCUT2D eigenvalue weighted by molar-refractivity contribution is -0.123. The molecule has 0 saturated carbocycles. The maximum absolute atomic E-state index is 13.4. The molecule has 1 N–H and O–H groups in total. The molecule has 0 spiro atoms. The van der Waals surface area contributed by atoms with E-state index in [0.717, 1.165) is 48.3 Å². The van der Waals surface area contributed by atoms with E-state index < -0.39 is 0 Å². The lowest BCUT2D eigenvalue weighted by Crippen LogP contribution is -2.56. The Labute approximate surface area is 189 Å². The number of amides is 3. The summed E-state index contributed by atoms with van der Waals surface area (Å²) < 4.78 is 0. The van der Waals surface area contributed by atoms with E-state index in [2.05, 4.69) is 10.2 Å². The Morgan fingerprint density at radius 3 is 2.56 bits per heavy atom. The van der Waals surface area contributed by atoms with Gasteiger partial charge in [-0.1, -0.05) is 17.7 Å². The molecular formula is C25H30N4O3. The fourth-order valence-electron chi connectivity index (χ4n) is 4.60. The number of nitrogens with zero attached hydrogens (tertiary/aromatic N) is 3. The van der Waals surface area contributed by atoms with Gasteiger partial charge in [0.05, 0.1) is 11.4 Å². The number of benzene rings is 2. The average Bonchev–Trinajstić information content (AvgIpc) is 2.77. The summed E-state index contributed by atoms with van der Waals surface area (Å²) in [6.45, 7) is 4.66. The highest BCUT2D eigenvalue weighted by Gasteiger charge is 2.40. The quantitative estimate of drug-likeness (QED) is 0.801. The van der Waals surface area contributed by atoms with Crippen molar-refractivity contribution in [3.05, 3.63) is 53.1 Å². The molecule has 32 heavy (non-hydrogen) atoms. The molecule has 2 aliphatic rings. The number of nitrogens with one attached hydrogen (secondary N) is 1. The summed E-state index contributed by atoms with van der Waals surface area (Å²) in [6, 6.07) is 11.0. The van der Waals surface area contributed by atoms with Gasteiger partial charge in [-0.3, -0.25) is 19.3 Å². The number of aryl methyl sites for hydroxylation is 2. The van der Waals surface area contributed by atoms with Crippen molar-refractivity contribution >= 4 is 34.8 Å². The Balaban J connectivity index is 1.67. The van der Waals surface area contributed by atoms with Gasteiger partial charge in [-0.2, -0.15) is 0 Å². The van der Waals surface area contributed by atoms with Crippen LogP contribution in [-0.4, -0.2) is 55.8 Å². The minimum Gasteiger partial charge on any atom is -0.358 e. The molecular weight excluding hydrogens is 404 g/mol. The molecule has 2 aliphatic heterocycles. The molecule has 2 aromatic carbocycles. The highest BCUT2D eigenvalue weighted by Crippen LogP contribution is 2.40. The van der Waals surface area contributed by atoms with E-state index >= 15 is 0 Å². The number of carbonyl (C=O) groups excluding carboxylic acids is 3. The zero-order chi connectivity index (χ0) is 23.0. The van der Waals surface area contributed by atoms with Crippen LogP contribution in [0.25, 0.3) is 0 Å². The van der Waals surface area contributed by atoms with Crippen LogP contribution in [-0.2, 0) is 9.59 Å². The first-order chi connectivity index (χ1) is 15.3. The lowest BCUT2D eigenvalue weighted by atomic mass is 9.95. The molecule has 0 radical (unpaired) electrons. The van der Waals surface area contributed by atoms with Crippen molar-refractivity contribution in [1.29, 1.82) is 0 Å². The molecule has 7 heteroatoms. The van der Waals surface area contributed by atoms with E-state index in [4.69, 9.17) is 0 Å². The molecule has 2 aromatic rings.